The van der Waals surface area contributed by atoms with Crippen LogP contribution in [-0.4, -0.2) is 22.7 Å². The lowest BCUT2D eigenvalue weighted by Crippen LogP contribution is -2.38. The summed E-state index contributed by atoms with van der Waals surface area (Å²) in [4.78, 5) is 30.9. The van der Waals surface area contributed by atoms with Crippen molar-refractivity contribution in [3.63, 3.8) is 0 Å². The van der Waals surface area contributed by atoms with E-state index in [1.54, 1.807) is 12.1 Å². The largest absolute Gasteiger partial charge is 0.459 e. The number of hydrogen-bond donors (Lipinski definition) is 0. The van der Waals surface area contributed by atoms with Gasteiger partial charge < -0.3 is 4.42 Å². The summed E-state index contributed by atoms with van der Waals surface area (Å²) in [5.41, 5.74) is 2.76. The average molecular weight is 342 g/mol. The number of aryl methyl sites for hydroxylation is 2. The Morgan fingerprint density at radius 3 is 2.83 bits per heavy atom. The standard InChI is InChI=1S/C18H18N2O3S/c1-3-13-7-4-6-12(2)16(13)20(17(22)14-8-5-11-23-14)18-19-10-9-15(21)24-18/h4-8,11H,3,9-10H2,1-2H3. The molecule has 1 aromatic heterocycles. The zero-order valence-corrected chi connectivity index (χ0v) is 14.4. The number of para-hydroxylation sites is 1. The Morgan fingerprint density at radius 2 is 2.17 bits per heavy atom. The first-order valence-corrected chi connectivity index (χ1v) is 8.65. The Balaban J connectivity index is 2.14. The average Bonchev–Trinajstić information content (AvgIpc) is 3.11. The Hall–Kier alpha value is -2.34. The molecule has 1 aliphatic rings. The van der Waals surface area contributed by atoms with E-state index in [1.165, 1.54) is 11.2 Å². The highest BCUT2D eigenvalue weighted by atomic mass is 32.2. The van der Waals surface area contributed by atoms with Gasteiger partial charge in [-0.2, -0.15) is 0 Å². The van der Waals surface area contributed by atoms with Gasteiger partial charge in [0.2, 0.25) is 0 Å². The van der Waals surface area contributed by atoms with E-state index in [1.807, 2.05) is 32.0 Å². The monoisotopic (exact) mass is 342 g/mol. The lowest BCUT2D eigenvalue weighted by Gasteiger charge is -2.27. The lowest BCUT2D eigenvalue weighted by molar-refractivity contribution is -0.110. The van der Waals surface area contributed by atoms with Gasteiger partial charge in [-0.05, 0) is 48.4 Å². The molecular weight excluding hydrogens is 324 g/mol. The minimum absolute atomic E-state index is 0.0175. The topological polar surface area (TPSA) is 62.9 Å². The Labute approximate surface area is 144 Å². The van der Waals surface area contributed by atoms with Crippen LogP contribution in [0.25, 0.3) is 0 Å². The third-order valence-corrected chi connectivity index (χ3v) is 4.75. The van der Waals surface area contributed by atoms with Crippen LogP contribution in [0.4, 0.5) is 5.69 Å². The molecule has 0 saturated carbocycles. The number of rotatable bonds is 3. The normalized spacial score (nSPS) is 14.4. The highest BCUT2D eigenvalue weighted by Crippen LogP contribution is 2.31. The number of thioether (sulfide) groups is 1. The van der Waals surface area contributed by atoms with Gasteiger partial charge in [0.25, 0.3) is 5.91 Å². The van der Waals surface area contributed by atoms with Gasteiger partial charge in [-0.15, -0.1) is 0 Å². The summed E-state index contributed by atoms with van der Waals surface area (Å²) in [6.07, 6.45) is 2.63. The predicted octanol–water partition coefficient (Wildman–Crippen LogP) is 3.82. The van der Waals surface area contributed by atoms with E-state index in [2.05, 4.69) is 4.99 Å². The van der Waals surface area contributed by atoms with Gasteiger partial charge in [0.1, 0.15) is 0 Å². The van der Waals surface area contributed by atoms with Gasteiger partial charge in [-0.1, -0.05) is 25.1 Å². The quantitative estimate of drug-likeness (QED) is 0.851. The SMILES string of the molecule is CCc1cccc(C)c1N(C(=O)c1ccco1)C1=NCCC(=O)S1. The minimum Gasteiger partial charge on any atom is -0.459 e. The van der Waals surface area contributed by atoms with Gasteiger partial charge in [-0.25, -0.2) is 0 Å². The van der Waals surface area contributed by atoms with Crippen LogP contribution in [0.3, 0.4) is 0 Å². The van der Waals surface area contributed by atoms with Crippen molar-refractivity contribution in [2.24, 2.45) is 4.99 Å². The van der Waals surface area contributed by atoms with Gasteiger partial charge >= 0.3 is 0 Å². The Kier molecular flexibility index (Phi) is 4.85. The second kappa shape index (κ2) is 7.05. The Morgan fingerprint density at radius 1 is 1.33 bits per heavy atom. The van der Waals surface area contributed by atoms with Crippen LogP contribution in [0, 0.1) is 6.92 Å². The summed E-state index contributed by atoms with van der Waals surface area (Å²) in [5.74, 6) is -0.0911. The van der Waals surface area contributed by atoms with Crippen molar-refractivity contribution >= 4 is 33.6 Å². The van der Waals surface area contributed by atoms with Crippen LogP contribution in [-0.2, 0) is 11.2 Å². The number of aliphatic imine (C=N–C) groups is 1. The first kappa shape index (κ1) is 16.5. The summed E-state index contributed by atoms with van der Waals surface area (Å²) >= 11 is 1.02. The van der Waals surface area contributed by atoms with Gasteiger partial charge in [0, 0.05) is 13.0 Å². The maximum absolute atomic E-state index is 13.1. The molecule has 24 heavy (non-hydrogen) atoms. The van der Waals surface area contributed by atoms with Crippen LogP contribution >= 0.6 is 11.8 Å². The number of amides is 1. The first-order chi connectivity index (χ1) is 11.6. The molecule has 124 valence electrons. The third-order valence-electron chi connectivity index (χ3n) is 3.82. The molecule has 0 aliphatic carbocycles. The van der Waals surface area contributed by atoms with E-state index < -0.39 is 0 Å². The van der Waals surface area contributed by atoms with E-state index in [-0.39, 0.29) is 16.8 Å². The molecule has 0 N–H and O–H groups in total. The highest BCUT2D eigenvalue weighted by Gasteiger charge is 2.31. The number of amidine groups is 1. The number of benzene rings is 1. The molecule has 3 rings (SSSR count). The maximum atomic E-state index is 13.1. The Bertz CT molecular complexity index is 797. The molecule has 0 spiro atoms. The summed E-state index contributed by atoms with van der Waals surface area (Å²) < 4.78 is 5.29. The van der Waals surface area contributed by atoms with E-state index in [0.29, 0.717) is 18.1 Å². The number of nitrogens with zero attached hydrogens (tertiary/aromatic N) is 2. The molecule has 5 nitrogen and oxygen atoms in total. The first-order valence-electron chi connectivity index (χ1n) is 7.83. The molecule has 0 saturated heterocycles. The van der Waals surface area contributed by atoms with Crippen molar-refractivity contribution < 1.29 is 14.0 Å². The number of carbonyl (C=O) groups excluding carboxylic acids is 2. The van der Waals surface area contributed by atoms with Gasteiger partial charge in [0.05, 0.1) is 12.0 Å². The fourth-order valence-electron chi connectivity index (χ4n) is 2.66. The molecule has 6 heteroatoms. The molecule has 0 atom stereocenters. The van der Waals surface area contributed by atoms with Crippen LogP contribution in [0.15, 0.2) is 46.0 Å². The molecule has 2 aromatic rings. The molecule has 1 aliphatic heterocycles. The second-order valence-corrected chi connectivity index (χ2v) is 6.47. The predicted molar refractivity (Wildman–Crippen MR) is 95.6 cm³/mol. The molecule has 0 bridgehead atoms. The number of hydrogen-bond acceptors (Lipinski definition) is 5. The molecule has 1 aromatic carbocycles. The van der Waals surface area contributed by atoms with Gasteiger partial charge in [0.15, 0.2) is 16.0 Å². The smallest absolute Gasteiger partial charge is 0.300 e. The van der Waals surface area contributed by atoms with Crippen molar-refractivity contribution in [3.05, 3.63) is 53.5 Å². The van der Waals surface area contributed by atoms with E-state index in [4.69, 9.17) is 4.42 Å². The zero-order valence-electron chi connectivity index (χ0n) is 13.6. The van der Waals surface area contributed by atoms with Crippen molar-refractivity contribution in [1.29, 1.82) is 0 Å². The molecule has 2 heterocycles. The zero-order chi connectivity index (χ0) is 17.1. The second-order valence-electron chi connectivity index (χ2n) is 5.44. The molecule has 0 unspecified atom stereocenters. The number of furan rings is 1. The van der Waals surface area contributed by atoms with Crippen LogP contribution < -0.4 is 4.90 Å². The van der Waals surface area contributed by atoms with Crippen molar-refractivity contribution in [2.45, 2.75) is 26.7 Å². The fraction of sp³-hybridized carbons (Fsp3) is 0.278. The fourth-order valence-corrected chi connectivity index (χ4v) is 3.48. The van der Waals surface area contributed by atoms with Crippen molar-refractivity contribution in [1.82, 2.24) is 0 Å². The summed E-state index contributed by atoms with van der Waals surface area (Å²) in [6, 6.07) is 9.20. The minimum atomic E-state index is -0.315. The van der Waals surface area contributed by atoms with E-state index in [9.17, 15) is 9.59 Å². The number of anilines is 1. The highest BCUT2D eigenvalue weighted by molar-refractivity contribution is 8.26. The van der Waals surface area contributed by atoms with Gasteiger partial charge in [-0.3, -0.25) is 19.5 Å². The molecule has 0 radical (unpaired) electrons. The molecule has 1 amide bonds. The maximum Gasteiger partial charge on any atom is 0.300 e. The summed E-state index contributed by atoms with van der Waals surface area (Å²) in [7, 11) is 0. The lowest BCUT2D eigenvalue weighted by atomic mass is 10.0. The van der Waals surface area contributed by atoms with Crippen molar-refractivity contribution in [2.75, 3.05) is 11.4 Å². The summed E-state index contributed by atoms with van der Waals surface area (Å²) in [5, 5.41) is 0.431. The molecular formula is C18H18N2O3S. The molecule has 0 fully saturated rings. The van der Waals surface area contributed by atoms with Crippen molar-refractivity contribution in [3.8, 4) is 0 Å². The van der Waals surface area contributed by atoms with Crippen LogP contribution in [0.2, 0.25) is 0 Å². The number of carbonyl (C=O) groups is 2. The van der Waals surface area contributed by atoms with E-state index >= 15 is 0 Å². The van der Waals surface area contributed by atoms with E-state index in [0.717, 1.165) is 35.0 Å². The third kappa shape index (κ3) is 3.14. The summed E-state index contributed by atoms with van der Waals surface area (Å²) in [6.45, 7) is 4.39. The van der Waals surface area contributed by atoms with Crippen LogP contribution in [0.1, 0.15) is 35.0 Å². The van der Waals surface area contributed by atoms with Crippen LogP contribution in [0.5, 0.6) is 0 Å².